The van der Waals surface area contributed by atoms with E-state index in [1.807, 2.05) is 20.8 Å². The van der Waals surface area contributed by atoms with E-state index in [-0.39, 0.29) is 17.9 Å². The standard InChI is InChI=1S/C16H24ClNO3/c1-4-9-21-14-6-5-12(17)10-13(14)15(20)18-11-16(2,3)7-8-19/h5-6,10,19H,4,7-9,11H2,1-3H3,(H,18,20). The van der Waals surface area contributed by atoms with Crippen LogP contribution < -0.4 is 10.1 Å². The predicted octanol–water partition coefficient (Wildman–Crippen LogP) is 3.27. The first kappa shape index (κ1) is 17.8. The van der Waals surface area contributed by atoms with Gasteiger partial charge in [-0.05, 0) is 36.5 Å². The molecule has 0 spiro atoms. The Morgan fingerprint density at radius 3 is 2.76 bits per heavy atom. The molecule has 0 saturated carbocycles. The lowest BCUT2D eigenvalue weighted by Gasteiger charge is -2.24. The van der Waals surface area contributed by atoms with Crippen molar-refractivity contribution in [3.63, 3.8) is 0 Å². The van der Waals surface area contributed by atoms with E-state index in [1.54, 1.807) is 18.2 Å². The molecule has 0 unspecified atom stereocenters. The Morgan fingerprint density at radius 2 is 2.14 bits per heavy atom. The molecule has 0 saturated heterocycles. The van der Waals surface area contributed by atoms with Crippen LogP contribution in [0.2, 0.25) is 5.02 Å². The Bertz CT molecular complexity index is 475. The van der Waals surface area contributed by atoms with E-state index in [0.29, 0.717) is 35.9 Å². The van der Waals surface area contributed by atoms with Gasteiger partial charge in [0.2, 0.25) is 0 Å². The fourth-order valence-electron chi connectivity index (χ4n) is 1.82. The van der Waals surface area contributed by atoms with E-state index in [2.05, 4.69) is 5.32 Å². The fraction of sp³-hybridized carbons (Fsp3) is 0.562. The maximum Gasteiger partial charge on any atom is 0.255 e. The van der Waals surface area contributed by atoms with Crippen molar-refractivity contribution >= 4 is 17.5 Å². The van der Waals surface area contributed by atoms with Crippen molar-refractivity contribution in [3.05, 3.63) is 28.8 Å². The molecule has 0 heterocycles. The van der Waals surface area contributed by atoms with E-state index in [9.17, 15) is 4.79 Å². The number of aliphatic hydroxyl groups is 1. The lowest BCUT2D eigenvalue weighted by molar-refractivity contribution is 0.0924. The van der Waals surface area contributed by atoms with Crippen LogP contribution in [0, 0.1) is 5.41 Å². The van der Waals surface area contributed by atoms with Crippen LogP contribution in [0.1, 0.15) is 44.0 Å². The highest BCUT2D eigenvalue weighted by molar-refractivity contribution is 6.31. The first-order valence-electron chi connectivity index (χ1n) is 7.21. The number of carbonyl (C=O) groups is 1. The molecule has 0 fully saturated rings. The zero-order valence-corrected chi connectivity index (χ0v) is 13.7. The number of benzene rings is 1. The molecule has 0 aliphatic carbocycles. The molecular weight excluding hydrogens is 290 g/mol. The van der Waals surface area contributed by atoms with Gasteiger partial charge in [0.05, 0.1) is 12.2 Å². The molecule has 0 radical (unpaired) electrons. The zero-order chi connectivity index (χ0) is 15.9. The number of rotatable bonds is 8. The van der Waals surface area contributed by atoms with Gasteiger partial charge in [-0.25, -0.2) is 0 Å². The quantitative estimate of drug-likeness (QED) is 0.774. The minimum Gasteiger partial charge on any atom is -0.493 e. The number of ether oxygens (including phenoxy) is 1. The molecule has 0 aliphatic heterocycles. The van der Waals surface area contributed by atoms with E-state index in [0.717, 1.165) is 6.42 Å². The lowest BCUT2D eigenvalue weighted by atomic mass is 9.89. The van der Waals surface area contributed by atoms with E-state index in [1.165, 1.54) is 0 Å². The third-order valence-electron chi connectivity index (χ3n) is 3.16. The average molecular weight is 314 g/mol. The fourth-order valence-corrected chi connectivity index (χ4v) is 2.00. The second-order valence-electron chi connectivity index (χ2n) is 5.81. The van der Waals surface area contributed by atoms with Gasteiger partial charge in [0.25, 0.3) is 5.91 Å². The van der Waals surface area contributed by atoms with Crippen molar-refractivity contribution in [1.82, 2.24) is 5.32 Å². The average Bonchev–Trinajstić information content (AvgIpc) is 2.43. The maximum atomic E-state index is 12.3. The largest absolute Gasteiger partial charge is 0.493 e. The summed E-state index contributed by atoms with van der Waals surface area (Å²) in [4.78, 5) is 12.3. The van der Waals surface area contributed by atoms with Crippen molar-refractivity contribution in [1.29, 1.82) is 0 Å². The highest BCUT2D eigenvalue weighted by Gasteiger charge is 2.20. The number of amides is 1. The molecule has 0 aromatic heterocycles. The summed E-state index contributed by atoms with van der Waals surface area (Å²) in [6.07, 6.45) is 1.50. The van der Waals surface area contributed by atoms with Crippen LogP contribution in [0.4, 0.5) is 0 Å². The van der Waals surface area contributed by atoms with Crippen molar-refractivity contribution in [2.24, 2.45) is 5.41 Å². The van der Waals surface area contributed by atoms with Crippen LogP contribution in [-0.4, -0.2) is 30.8 Å². The van der Waals surface area contributed by atoms with Gasteiger partial charge >= 0.3 is 0 Å². The first-order valence-corrected chi connectivity index (χ1v) is 7.59. The van der Waals surface area contributed by atoms with Gasteiger partial charge in [-0.2, -0.15) is 0 Å². The summed E-state index contributed by atoms with van der Waals surface area (Å²) in [6, 6.07) is 5.03. The van der Waals surface area contributed by atoms with Crippen molar-refractivity contribution in [3.8, 4) is 5.75 Å². The maximum absolute atomic E-state index is 12.3. The molecule has 2 N–H and O–H groups in total. The molecule has 4 nitrogen and oxygen atoms in total. The predicted molar refractivity (Wildman–Crippen MR) is 85.1 cm³/mol. The lowest BCUT2D eigenvalue weighted by Crippen LogP contribution is -2.34. The molecule has 1 rings (SSSR count). The summed E-state index contributed by atoms with van der Waals surface area (Å²) in [6.45, 7) is 7.13. The Morgan fingerprint density at radius 1 is 1.43 bits per heavy atom. The number of halogens is 1. The topological polar surface area (TPSA) is 58.6 Å². The molecule has 0 bridgehead atoms. The van der Waals surface area contributed by atoms with Gasteiger partial charge in [0.15, 0.2) is 0 Å². The normalized spacial score (nSPS) is 11.3. The number of aliphatic hydroxyl groups excluding tert-OH is 1. The van der Waals surface area contributed by atoms with Gasteiger partial charge in [-0.1, -0.05) is 32.4 Å². The molecule has 0 aliphatic rings. The summed E-state index contributed by atoms with van der Waals surface area (Å²) in [5.74, 6) is 0.327. The second kappa shape index (κ2) is 8.25. The Hall–Kier alpha value is -1.26. The molecule has 21 heavy (non-hydrogen) atoms. The Balaban J connectivity index is 2.78. The summed E-state index contributed by atoms with van der Waals surface area (Å²) < 4.78 is 5.58. The summed E-state index contributed by atoms with van der Waals surface area (Å²) in [7, 11) is 0. The smallest absolute Gasteiger partial charge is 0.255 e. The van der Waals surface area contributed by atoms with E-state index in [4.69, 9.17) is 21.4 Å². The van der Waals surface area contributed by atoms with E-state index >= 15 is 0 Å². The highest BCUT2D eigenvalue weighted by Crippen LogP contribution is 2.24. The van der Waals surface area contributed by atoms with Crippen LogP contribution in [0.5, 0.6) is 5.75 Å². The Kier molecular flexibility index (Phi) is 6.99. The van der Waals surface area contributed by atoms with Gasteiger partial charge in [0.1, 0.15) is 5.75 Å². The summed E-state index contributed by atoms with van der Waals surface area (Å²) >= 11 is 5.97. The monoisotopic (exact) mass is 313 g/mol. The SMILES string of the molecule is CCCOc1ccc(Cl)cc1C(=O)NCC(C)(C)CCO. The second-order valence-corrected chi connectivity index (χ2v) is 6.25. The number of nitrogens with one attached hydrogen (secondary N) is 1. The van der Waals surface area contributed by atoms with Crippen LogP contribution in [0.15, 0.2) is 18.2 Å². The molecule has 0 atom stereocenters. The molecule has 1 amide bonds. The zero-order valence-electron chi connectivity index (χ0n) is 12.9. The van der Waals surface area contributed by atoms with Crippen LogP contribution >= 0.6 is 11.6 Å². The van der Waals surface area contributed by atoms with Crippen LogP contribution in [-0.2, 0) is 0 Å². The third-order valence-corrected chi connectivity index (χ3v) is 3.40. The van der Waals surface area contributed by atoms with Gasteiger partial charge in [-0.15, -0.1) is 0 Å². The van der Waals surface area contributed by atoms with Crippen molar-refractivity contribution in [2.75, 3.05) is 19.8 Å². The highest BCUT2D eigenvalue weighted by atomic mass is 35.5. The molecular formula is C16H24ClNO3. The molecule has 1 aromatic rings. The van der Waals surface area contributed by atoms with E-state index < -0.39 is 0 Å². The van der Waals surface area contributed by atoms with Crippen molar-refractivity contribution < 1.29 is 14.6 Å². The van der Waals surface area contributed by atoms with Crippen LogP contribution in [0.25, 0.3) is 0 Å². The molecule has 5 heteroatoms. The van der Waals surface area contributed by atoms with Gasteiger partial charge in [0, 0.05) is 18.2 Å². The Labute approximate surface area is 131 Å². The molecule has 1 aromatic carbocycles. The number of hydrogen-bond donors (Lipinski definition) is 2. The minimum atomic E-state index is -0.213. The minimum absolute atomic E-state index is 0.102. The van der Waals surface area contributed by atoms with Crippen molar-refractivity contribution in [2.45, 2.75) is 33.6 Å². The summed E-state index contributed by atoms with van der Waals surface area (Å²) in [5, 5.41) is 12.4. The number of hydrogen-bond acceptors (Lipinski definition) is 3. The van der Waals surface area contributed by atoms with Crippen LogP contribution in [0.3, 0.4) is 0 Å². The van der Waals surface area contributed by atoms with Gasteiger partial charge < -0.3 is 15.2 Å². The van der Waals surface area contributed by atoms with Gasteiger partial charge in [-0.3, -0.25) is 4.79 Å². The summed E-state index contributed by atoms with van der Waals surface area (Å²) in [5.41, 5.74) is 0.281. The molecule has 118 valence electrons. The first-order chi connectivity index (χ1) is 9.89. The third kappa shape index (κ3) is 5.94. The number of carbonyl (C=O) groups excluding carboxylic acids is 1.